The van der Waals surface area contributed by atoms with Gasteiger partial charge in [0.15, 0.2) is 0 Å². The lowest BCUT2D eigenvalue weighted by atomic mass is 9.97. The summed E-state index contributed by atoms with van der Waals surface area (Å²) in [7, 11) is 0. The molecule has 0 radical (unpaired) electrons. The molecule has 1 rings (SSSR count). The third-order valence-electron chi connectivity index (χ3n) is 2.40. The van der Waals surface area contributed by atoms with Crippen molar-refractivity contribution in [1.82, 2.24) is 5.32 Å². The summed E-state index contributed by atoms with van der Waals surface area (Å²) in [6.07, 6.45) is 2.65. The SMILES string of the molecule is CC(C)NCC(C)(N)C1CC1. The molecule has 0 aliphatic heterocycles. The molecule has 2 heteroatoms. The average molecular weight is 156 g/mol. The predicted octanol–water partition coefficient (Wildman–Crippen LogP) is 1.11. The smallest absolute Gasteiger partial charge is 0.0280 e. The molecule has 0 aromatic heterocycles. The Balaban J connectivity index is 2.22. The fourth-order valence-electron chi connectivity index (χ4n) is 1.31. The van der Waals surface area contributed by atoms with E-state index in [1.165, 1.54) is 12.8 Å². The van der Waals surface area contributed by atoms with Gasteiger partial charge in [0.2, 0.25) is 0 Å². The van der Waals surface area contributed by atoms with Crippen molar-refractivity contribution in [3.63, 3.8) is 0 Å². The average Bonchev–Trinajstić information content (AvgIpc) is 2.64. The number of rotatable bonds is 4. The molecule has 66 valence electrons. The molecule has 1 fully saturated rings. The molecule has 3 N–H and O–H groups in total. The Bertz CT molecular complexity index is 126. The maximum Gasteiger partial charge on any atom is 0.0280 e. The zero-order valence-electron chi connectivity index (χ0n) is 7.85. The van der Waals surface area contributed by atoms with Gasteiger partial charge in [0.05, 0.1) is 0 Å². The Morgan fingerprint density at radius 1 is 1.55 bits per heavy atom. The van der Waals surface area contributed by atoms with Crippen LogP contribution in [0.3, 0.4) is 0 Å². The molecular weight excluding hydrogens is 136 g/mol. The van der Waals surface area contributed by atoms with Crippen LogP contribution in [0, 0.1) is 5.92 Å². The van der Waals surface area contributed by atoms with E-state index in [0.29, 0.717) is 6.04 Å². The molecule has 0 amide bonds. The zero-order valence-corrected chi connectivity index (χ0v) is 7.85. The van der Waals surface area contributed by atoms with Crippen LogP contribution in [0.2, 0.25) is 0 Å². The Labute approximate surface area is 69.5 Å². The van der Waals surface area contributed by atoms with Crippen LogP contribution < -0.4 is 11.1 Å². The minimum atomic E-state index is 0.0320. The van der Waals surface area contributed by atoms with Gasteiger partial charge in [-0.05, 0) is 25.7 Å². The molecule has 1 saturated carbocycles. The van der Waals surface area contributed by atoms with Crippen molar-refractivity contribution in [2.75, 3.05) is 6.54 Å². The van der Waals surface area contributed by atoms with E-state index >= 15 is 0 Å². The van der Waals surface area contributed by atoms with Crippen molar-refractivity contribution in [2.24, 2.45) is 11.7 Å². The van der Waals surface area contributed by atoms with Gasteiger partial charge in [-0.2, -0.15) is 0 Å². The first kappa shape index (κ1) is 9.01. The second-order valence-corrected chi connectivity index (χ2v) is 4.32. The summed E-state index contributed by atoms with van der Waals surface area (Å²) < 4.78 is 0. The van der Waals surface area contributed by atoms with E-state index in [1.54, 1.807) is 0 Å². The second kappa shape index (κ2) is 3.11. The molecular formula is C9H20N2. The molecule has 0 bridgehead atoms. The van der Waals surface area contributed by atoms with Crippen molar-refractivity contribution in [3.8, 4) is 0 Å². The molecule has 1 aliphatic rings. The Morgan fingerprint density at radius 3 is 2.45 bits per heavy atom. The van der Waals surface area contributed by atoms with E-state index in [4.69, 9.17) is 5.73 Å². The van der Waals surface area contributed by atoms with Crippen LogP contribution in [0.5, 0.6) is 0 Å². The normalized spacial score (nSPS) is 23.7. The van der Waals surface area contributed by atoms with Crippen molar-refractivity contribution in [2.45, 2.75) is 45.2 Å². The van der Waals surface area contributed by atoms with Crippen LogP contribution in [-0.2, 0) is 0 Å². The van der Waals surface area contributed by atoms with E-state index in [1.807, 2.05) is 0 Å². The topological polar surface area (TPSA) is 38.0 Å². The first-order chi connectivity index (χ1) is 5.02. The zero-order chi connectivity index (χ0) is 8.48. The summed E-state index contributed by atoms with van der Waals surface area (Å²) in [5.74, 6) is 0.772. The number of nitrogens with one attached hydrogen (secondary N) is 1. The predicted molar refractivity (Wildman–Crippen MR) is 48.5 cm³/mol. The highest BCUT2D eigenvalue weighted by atomic mass is 15.0. The molecule has 0 saturated heterocycles. The molecule has 0 spiro atoms. The number of hydrogen-bond donors (Lipinski definition) is 2. The van der Waals surface area contributed by atoms with Crippen molar-refractivity contribution in [3.05, 3.63) is 0 Å². The molecule has 1 aliphatic carbocycles. The summed E-state index contributed by atoms with van der Waals surface area (Å²) in [5.41, 5.74) is 6.14. The fraction of sp³-hybridized carbons (Fsp3) is 1.00. The minimum Gasteiger partial charge on any atom is -0.324 e. The first-order valence-electron chi connectivity index (χ1n) is 4.54. The Kier molecular flexibility index (Phi) is 2.55. The van der Waals surface area contributed by atoms with E-state index < -0.39 is 0 Å². The molecule has 1 unspecified atom stereocenters. The fourth-order valence-corrected chi connectivity index (χ4v) is 1.31. The highest BCUT2D eigenvalue weighted by Gasteiger charge is 2.37. The monoisotopic (exact) mass is 156 g/mol. The van der Waals surface area contributed by atoms with Gasteiger partial charge in [0.1, 0.15) is 0 Å². The van der Waals surface area contributed by atoms with Crippen LogP contribution in [0.25, 0.3) is 0 Å². The van der Waals surface area contributed by atoms with Crippen LogP contribution >= 0.6 is 0 Å². The van der Waals surface area contributed by atoms with E-state index in [2.05, 4.69) is 26.1 Å². The van der Waals surface area contributed by atoms with Crippen LogP contribution in [0.15, 0.2) is 0 Å². The second-order valence-electron chi connectivity index (χ2n) is 4.32. The maximum atomic E-state index is 6.11. The lowest BCUT2D eigenvalue weighted by Gasteiger charge is -2.26. The third kappa shape index (κ3) is 2.80. The minimum absolute atomic E-state index is 0.0320. The Morgan fingerprint density at radius 2 is 2.09 bits per heavy atom. The molecule has 2 nitrogen and oxygen atoms in total. The highest BCUT2D eigenvalue weighted by Crippen LogP contribution is 2.37. The van der Waals surface area contributed by atoms with Gasteiger partial charge in [-0.1, -0.05) is 13.8 Å². The summed E-state index contributed by atoms with van der Waals surface area (Å²) in [6, 6.07) is 0.552. The standard InChI is InChI=1S/C9H20N2/c1-7(2)11-6-9(3,10)8-4-5-8/h7-8,11H,4-6,10H2,1-3H3. The van der Waals surface area contributed by atoms with Gasteiger partial charge in [0, 0.05) is 18.1 Å². The lowest BCUT2D eigenvalue weighted by Crippen LogP contribution is -2.49. The summed E-state index contributed by atoms with van der Waals surface area (Å²) in [4.78, 5) is 0. The summed E-state index contributed by atoms with van der Waals surface area (Å²) in [6.45, 7) is 7.42. The van der Waals surface area contributed by atoms with Crippen molar-refractivity contribution >= 4 is 0 Å². The third-order valence-corrected chi connectivity index (χ3v) is 2.40. The highest BCUT2D eigenvalue weighted by molar-refractivity contribution is 4.96. The number of hydrogen-bond acceptors (Lipinski definition) is 2. The number of nitrogens with two attached hydrogens (primary N) is 1. The molecule has 0 aromatic carbocycles. The van der Waals surface area contributed by atoms with E-state index in [9.17, 15) is 0 Å². The molecule has 1 atom stereocenters. The maximum absolute atomic E-state index is 6.11. The van der Waals surface area contributed by atoms with Gasteiger partial charge < -0.3 is 11.1 Å². The van der Waals surface area contributed by atoms with Gasteiger partial charge in [-0.15, -0.1) is 0 Å². The summed E-state index contributed by atoms with van der Waals surface area (Å²) in [5, 5.41) is 3.38. The largest absolute Gasteiger partial charge is 0.324 e. The van der Waals surface area contributed by atoms with Gasteiger partial charge in [0.25, 0.3) is 0 Å². The van der Waals surface area contributed by atoms with Gasteiger partial charge in [-0.25, -0.2) is 0 Å². The lowest BCUT2D eigenvalue weighted by molar-refractivity contribution is 0.366. The van der Waals surface area contributed by atoms with Crippen LogP contribution in [-0.4, -0.2) is 18.1 Å². The summed E-state index contributed by atoms with van der Waals surface area (Å²) >= 11 is 0. The van der Waals surface area contributed by atoms with Crippen molar-refractivity contribution < 1.29 is 0 Å². The van der Waals surface area contributed by atoms with Gasteiger partial charge in [-0.3, -0.25) is 0 Å². The van der Waals surface area contributed by atoms with Crippen molar-refractivity contribution in [1.29, 1.82) is 0 Å². The molecule has 0 heterocycles. The van der Waals surface area contributed by atoms with Crippen LogP contribution in [0.4, 0.5) is 0 Å². The van der Waals surface area contributed by atoms with E-state index in [0.717, 1.165) is 12.5 Å². The van der Waals surface area contributed by atoms with E-state index in [-0.39, 0.29) is 5.54 Å². The Hall–Kier alpha value is -0.0800. The van der Waals surface area contributed by atoms with Crippen LogP contribution in [0.1, 0.15) is 33.6 Å². The molecule has 0 aromatic rings. The molecule has 11 heavy (non-hydrogen) atoms. The first-order valence-corrected chi connectivity index (χ1v) is 4.54. The quantitative estimate of drug-likeness (QED) is 0.640. The van der Waals surface area contributed by atoms with Gasteiger partial charge >= 0.3 is 0 Å².